The molecule has 29 heavy (non-hydrogen) atoms. The summed E-state index contributed by atoms with van der Waals surface area (Å²) in [6, 6.07) is 16.7. The van der Waals surface area contributed by atoms with E-state index in [1.165, 1.54) is 17.5 Å². The van der Waals surface area contributed by atoms with E-state index in [0.717, 1.165) is 41.4 Å². The second kappa shape index (κ2) is 8.55. The monoisotopic (exact) mass is 402 g/mol. The summed E-state index contributed by atoms with van der Waals surface area (Å²) in [6.45, 7) is 2.33. The van der Waals surface area contributed by atoms with Crippen molar-refractivity contribution in [2.24, 2.45) is 0 Å². The van der Waals surface area contributed by atoms with Crippen molar-refractivity contribution < 1.29 is 0 Å². The lowest BCUT2D eigenvalue weighted by Crippen LogP contribution is -2.18. The van der Waals surface area contributed by atoms with Crippen LogP contribution >= 0.6 is 11.6 Å². The van der Waals surface area contributed by atoms with Crippen LogP contribution in [0.4, 0.5) is 11.5 Å². The molecule has 4 nitrogen and oxygen atoms in total. The zero-order chi connectivity index (χ0) is 20.2. The molecule has 146 valence electrons. The van der Waals surface area contributed by atoms with E-state index in [0.29, 0.717) is 11.6 Å². The van der Waals surface area contributed by atoms with Gasteiger partial charge >= 0.3 is 0 Å². The number of nitrogens with zero attached hydrogens (tertiary/aromatic N) is 2. The van der Waals surface area contributed by atoms with Gasteiger partial charge in [-0.1, -0.05) is 47.9 Å². The minimum Gasteiger partial charge on any atom is -0.373 e. The molecule has 1 aromatic heterocycles. The highest BCUT2D eigenvalue weighted by Crippen LogP contribution is 2.33. The van der Waals surface area contributed by atoms with E-state index < -0.39 is 0 Å². The van der Waals surface area contributed by atoms with Gasteiger partial charge in [0.25, 0.3) is 0 Å². The van der Waals surface area contributed by atoms with Gasteiger partial charge < -0.3 is 10.6 Å². The van der Waals surface area contributed by atoms with E-state index in [1.54, 1.807) is 0 Å². The van der Waals surface area contributed by atoms with Crippen LogP contribution in [-0.2, 0) is 6.42 Å². The molecule has 0 spiro atoms. The number of rotatable bonds is 5. The topological polar surface area (TPSA) is 49.8 Å². The van der Waals surface area contributed by atoms with Crippen LogP contribution in [0.2, 0.25) is 5.02 Å². The Morgan fingerprint density at radius 2 is 2.03 bits per heavy atom. The second-order valence-corrected chi connectivity index (χ2v) is 7.63. The fraction of sp³-hybridized carbons (Fsp3) is 0.250. The van der Waals surface area contributed by atoms with E-state index >= 15 is 0 Å². The van der Waals surface area contributed by atoms with Crippen LogP contribution in [0.3, 0.4) is 0 Å². The summed E-state index contributed by atoms with van der Waals surface area (Å²) < 4.78 is 0. The van der Waals surface area contributed by atoms with Crippen LogP contribution in [0.5, 0.6) is 0 Å². The van der Waals surface area contributed by atoms with E-state index in [4.69, 9.17) is 18.0 Å². The van der Waals surface area contributed by atoms with Crippen LogP contribution in [-0.4, -0.2) is 16.5 Å². The molecule has 0 saturated heterocycles. The number of benzene rings is 2. The largest absolute Gasteiger partial charge is 0.373 e. The van der Waals surface area contributed by atoms with Gasteiger partial charge in [0.15, 0.2) is 0 Å². The molecule has 0 fully saturated rings. The van der Waals surface area contributed by atoms with Gasteiger partial charge in [0.2, 0.25) is 0 Å². The Labute approximate surface area is 176 Å². The first-order valence-electron chi connectivity index (χ1n) is 9.81. The normalized spacial score (nSPS) is 15.3. The first-order chi connectivity index (χ1) is 14.1. The summed E-state index contributed by atoms with van der Waals surface area (Å²) in [5.74, 6) is 4.13. The van der Waals surface area contributed by atoms with Crippen molar-refractivity contribution in [1.29, 1.82) is 0 Å². The zero-order valence-electron chi connectivity index (χ0n) is 16.4. The molecule has 1 aliphatic rings. The van der Waals surface area contributed by atoms with E-state index in [-0.39, 0.29) is 6.04 Å². The third-order valence-electron chi connectivity index (χ3n) is 5.17. The van der Waals surface area contributed by atoms with Crippen molar-refractivity contribution in [2.45, 2.75) is 32.2 Å². The third kappa shape index (κ3) is 4.36. The highest BCUT2D eigenvalue weighted by molar-refractivity contribution is 6.33. The highest BCUT2D eigenvalue weighted by atomic mass is 35.5. The Morgan fingerprint density at radius 3 is 2.90 bits per heavy atom. The average molecular weight is 403 g/mol. The number of hydrogen-bond donors (Lipinski definition) is 2. The predicted molar refractivity (Wildman–Crippen MR) is 120 cm³/mol. The number of nitrogens with one attached hydrogen (secondary N) is 2. The average Bonchev–Trinajstić information content (AvgIpc) is 2.73. The van der Waals surface area contributed by atoms with Gasteiger partial charge in [-0.3, -0.25) is 0 Å². The number of aryl methyl sites for hydroxylation is 2. The standard InChI is InChI=1S/C24H23ClN4/c1-3-13-26-23-14-18(11-12-20(23)25)22-15-24(28-16(2)27-22)29-21-10-6-8-17-7-4-5-9-19(17)21/h1,4-5,7,9,11-12,14-15,21,26H,6,8,10,13H2,2H3,(H,27,28,29)/t21-/m1/s1. The molecule has 0 saturated carbocycles. The summed E-state index contributed by atoms with van der Waals surface area (Å²) in [6.07, 6.45) is 8.76. The number of anilines is 2. The van der Waals surface area contributed by atoms with Crippen LogP contribution in [0.1, 0.15) is 35.8 Å². The van der Waals surface area contributed by atoms with Gasteiger partial charge in [-0.2, -0.15) is 0 Å². The van der Waals surface area contributed by atoms with Crippen molar-refractivity contribution in [3.63, 3.8) is 0 Å². The van der Waals surface area contributed by atoms with Gasteiger partial charge in [-0.05, 0) is 49.4 Å². The molecule has 5 heteroatoms. The Kier molecular flexibility index (Phi) is 5.69. The fourth-order valence-corrected chi connectivity index (χ4v) is 4.02. The lowest BCUT2D eigenvalue weighted by atomic mass is 9.88. The molecule has 3 aromatic rings. The summed E-state index contributed by atoms with van der Waals surface area (Å²) >= 11 is 6.28. The highest BCUT2D eigenvalue weighted by Gasteiger charge is 2.20. The maximum atomic E-state index is 6.28. The summed E-state index contributed by atoms with van der Waals surface area (Å²) in [4.78, 5) is 9.26. The Bertz CT molecular complexity index is 1070. The molecule has 1 heterocycles. The van der Waals surface area contributed by atoms with Crippen LogP contribution in [0.15, 0.2) is 48.5 Å². The molecule has 0 unspecified atom stereocenters. The van der Waals surface area contributed by atoms with Crippen molar-refractivity contribution in [2.75, 3.05) is 17.2 Å². The van der Waals surface area contributed by atoms with Crippen LogP contribution in [0, 0.1) is 19.3 Å². The summed E-state index contributed by atoms with van der Waals surface area (Å²) in [5, 5.41) is 7.41. The minimum atomic E-state index is 0.264. The molecule has 0 amide bonds. The molecule has 0 radical (unpaired) electrons. The first kappa shape index (κ1) is 19.3. The van der Waals surface area contributed by atoms with Gasteiger partial charge in [0, 0.05) is 11.6 Å². The lowest BCUT2D eigenvalue weighted by molar-refractivity contribution is 0.598. The number of hydrogen-bond acceptors (Lipinski definition) is 4. The van der Waals surface area contributed by atoms with Gasteiger partial charge in [-0.25, -0.2) is 9.97 Å². The third-order valence-corrected chi connectivity index (χ3v) is 5.50. The first-order valence-corrected chi connectivity index (χ1v) is 10.2. The SMILES string of the molecule is C#CCNc1cc(-c2cc(N[C@@H]3CCCc4ccccc43)nc(C)n2)ccc1Cl. The maximum absolute atomic E-state index is 6.28. The molecule has 0 aliphatic heterocycles. The van der Waals surface area contributed by atoms with E-state index in [1.807, 2.05) is 31.2 Å². The number of terminal acetylenes is 1. The summed E-state index contributed by atoms with van der Waals surface area (Å²) in [5.41, 5.74) is 5.40. The Hall–Kier alpha value is -3.03. The molecule has 0 bridgehead atoms. The smallest absolute Gasteiger partial charge is 0.130 e. The van der Waals surface area contributed by atoms with E-state index in [9.17, 15) is 0 Å². The molecular formula is C24H23ClN4. The number of aromatic nitrogens is 2. The summed E-state index contributed by atoms with van der Waals surface area (Å²) in [7, 11) is 0. The quantitative estimate of drug-likeness (QED) is 0.542. The molecule has 1 aliphatic carbocycles. The molecule has 2 aromatic carbocycles. The van der Waals surface area contributed by atoms with Gasteiger partial charge in [0.1, 0.15) is 11.6 Å². The lowest BCUT2D eigenvalue weighted by Gasteiger charge is -2.27. The minimum absolute atomic E-state index is 0.264. The fourth-order valence-electron chi connectivity index (χ4n) is 3.84. The van der Waals surface area contributed by atoms with E-state index in [2.05, 4.69) is 50.8 Å². The Morgan fingerprint density at radius 1 is 1.17 bits per heavy atom. The number of halogens is 1. The van der Waals surface area contributed by atoms with Crippen LogP contribution < -0.4 is 10.6 Å². The Balaban J connectivity index is 1.63. The van der Waals surface area contributed by atoms with Gasteiger partial charge in [-0.15, -0.1) is 6.42 Å². The molecule has 4 rings (SSSR count). The molecule has 2 N–H and O–H groups in total. The van der Waals surface area contributed by atoms with Crippen molar-refractivity contribution in [3.8, 4) is 23.6 Å². The van der Waals surface area contributed by atoms with Crippen molar-refractivity contribution in [1.82, 2.24) is 9.97 Å². The van der Waals surface area contributed by atoms with Crippen LogP contribution in [0.25, 0.3) is 11.3 Å². The maximum Gasteiger partial charge on any atom is 0.130 e. The second-order valence-electron chi connectivity index (χ2n) is 7.23. The van der Waals surface area contributed by atoms with Gasteiger partial charge in [0.05, 0.1) is 29.0 Å². The molecule has 1 atom stereocenters. The van der Waals surface area contributed by atoms with Crippen molar-refractivity contribution >= 4 is 23.1 Å². The number of fused-ring (bicyclic) bond motifs is 1. The molecular weight excluding hydrogens is 380 g/mol. The predicted octanol–water partition coefficient (Wildman–Crippen LogP) is 5.64. The van der Waals surface area contributed by atoms with Crippen molar-refractivity contribution in [3.05, 3.63) is 70.5 Å². The zero-order valence-corrected chi connectivity index (χ0v) is 17.1.